The summed E-state index contributed by atoms with van der Waals surface area (Å²) in [6.07, 6.45) is -1.85. The third-order valence-electron chi connectivity index (χ3n) is 5.90. The lowest BCUT2D eigenvalue weighted by Crippen LogP contribution is -2.47. The second kappa shape index (κ2) is 12.5. The van der Waals surface area contributed by atoms with E-state index in [4.69, 9.17) is 19.8 Å². The maximum atomic E-state index is 13.6. The minimum atomic E-state index is -5.08. The summed E-state index contributed by atoms with van der Waals surface area (Å²) in [4.78, 5) is 31.9. The fraction of sp³-hybridized carbons (Fsp3) is 0.417. The number of alkyl halides is 6. The number of hydrogen-bond acceptors (Lipinski definition) is 6. The number of carboxylic acid groups (broad SMARTS) is 2. The molecule has 2 aliphatic rings. The van der Waals surface area contributed by atoms with Crippen molar-refractivity contribution in [3.8, 4) is 11.3 Å². The first kappa shape index (κ1) is 30.6. The van der Waals surface area contributed by atoms with Gasteiger partial charge in [-0.15, -0.1) is 0 Å². The Morgan fingerprint density at radius 2 is 1.50 bits per heavy atom. The highest BCUT2D eigenvalue weighted by molar-refractivity contribution is 5.73. The molecule has 3 aromatic rings. The molecule has 0 spiro atoms. The number of imidazole rings is 1. The highest BCUT2D eigenvalue weighted by atomic mass is 19.4. The molecule has 1 saturated carbocycles. The number of benzene rings is 1. The van der Waals surface area contributed by atoms with Crippen LogP contribution in [0.25, 0.3) is 16.9 Å². The highest BCUT2D eigenvalue weighted by Crippen LogP contribution is 2.31. The Labute approximate surface area is 222 Å². The zero-order valence-corrected chi connectivity index (χ0v) is 20.7. The smallest absolute Gasteiger partial charge is 0.475 e. The average molecular weight is 579 g/mol. The maximum Gasteiger partial charge on any atom is 0.490 e. The molecule has 1 saturated heterocycles. The Hall–Kier alpha value is -3.95. The summed E-state index contributed by atoms with van der Waals surface area (Å²) < 4.78 is 79.1. The number of carboxylic acids is 2. The lowest BCUT2D eigenvalue weighted by molar-refractivity contribution is -0.193. The van der Waals surface area contributed by atoms with Crippen LogP contribution in [0.1, 0.15) is 12.8 Å². The lowest BCUT2D eigenvalue weighted by atomic mass is 10.1. The summed E-state index contributed by atoms with van der Waals surface area (Å²) in [5.74, 6) is -3.90. The molecule has 3 heterocycles. The van der Waals surface area contributed by atoms with Gasteiger partial charge in [-0.25, -0.2) is 23.9 Å². The third kappa shape index (κ3) is 8.53. The van der Waals surface area contributed by atoms with E-state index < -0.39 is 24.3 Å². The van der Waals surface area contributed by atoms with E-state index in [0.29, 0.717) is 0 Å². The van der Waals surface area contributed by atoms with Crippen molar-refractivity contribution in [2.75, 3.05) is 37.6 Å². The molecule has 0 amide bonds. The van der Waals surface area contributed by atoms with Gasteiger partial charge in [-0.3, -0.25) is 9.30 Å². The van der Waals surface area contributed by atoms with Crippen molar-refractivity contribution in [2.45, 2.75) is 25.2 Å². The summed E-state index contributed by atoms with van der Waals surface area (Å²) in [6.45, 7) is 5.36. The van der Waals surface area contributed by atoms with Crippen LogP contribution in [-0.4, -0.2) is 86.5 Å². The van der Waals surface area contributed by atoms with Crippen LogP contribution < -0.4 is 4.90 Å². The standard InChI is InChI=1S/C20H22FN5.2C2HF3O2/c21-17-3-1-2-16(12-17)18-13-23-20-19(22-6-7-26(18)20)25-10-8-24(9-11-25)14-15-4-5-15;2*3-2(4,5)1(6)7/h1-3,6-7,12-13,15H,4-5,8-11,14H2;2*(H,6,7). The minimum Gasteiger partial charge on any atom is -0.475 e. The molecule has 218 valence electrons. The number of fused-ring (bicyclic) bond motifs is 1. The Balaban J connectivity index is 0.000000263. The zero-order valence-electron chi connectivity index (χ0n) is 20.7. The predicted molar refractivity (Wildman–Crippen MR) is 127 cm³/mol. The number of rotatable bonds is 4. The number of anilines is 1. The summed E-state index contributed by atoms with van der Waals surface area (Å²) >= 11 is 0. The van der Waals surface area contributed by atoms with E-state index in [0.717, 1.165) is 54.8 Å². The number of hydrogen-bond donors (Lipinski definition) is 2. The van der Waals surface area contributed by atoms with Gasteiger partial charge in [0.15, 0.2) is 11.5 Å². The SMILES string of the molecule is Fc1cccc(-c2cnc3c(N4CCN(CC5CC5)CC4)nccn23)c1.O=C(O)C(F)(F)F.O=C(O)C(F)(F)F. The van der Waals surface area contributed by atoms with E-state index in [1.807, 2.05) is 22.9 Å². The van der Waals surface area contributed by atoms with Crippen LogP contribution in [0.2, 0.25) is 0 Å². The maximum absolute atomic E-state index is 13.6. The summed E-state index contributed by atoms with van der Waals surface area (Å²) in [5.41, 5.74) is 2.54. The minimum absolute atomic E-state index is 0.237. The topological polar surface area (TPSA) is 111 Å². The Bertz CT molecular complexity index is 1290. The number of carbonyl (C=O) groups is 2. The third-order valence-corrected chi connectivity index (χ3v) is 5.90. The first-order valence-electron chi connectivity index (χ1n) is 11.8. The van der Waals surface area contributed by atoms with E-state index in [2.05, 4.69) is 19.8 Å². The molecule has 1 aliphatic heterocycles. The van der Waals surface area contributed by atoms with Crippen molar-refractivity contribution >= 4 is 23.4 Å². The molecule has 16 heteroatoms. The van der Waals surface area contributed by atoms with E-state index in [1.165, 1.54) is 25.5 Å². The Kier molecular flexibility index (Phi) is 9.55. The van der Waals surface area contributed by atoms with Crippen LogP contribution in [0.5, 0.6) is 0 Å². The van der Waals surface area contributed by atoms with Gasteiger partial charge in [-0.1, -0.05) is 12.1 Å². The van der Waals surface area contributed by atoms with Crippen LogP contribution in [0.3, 0.4) is 0 Å². The number of aliphatic carboxylic acids is 2. The molecule has 2 N–H and O–H groups in total. The van der Waals surface area contributed by atoms with Crippen molar-refractivity contribution in [3.05, 3.63) is 48.7 Å². The average Bonchev–Trinajstić information content (AvgIpc) is 3.58. The van der Waals surface area contributed by atoms with Gasteiger partial charge in [0, 0.05) is 50.7 Å². The fourth-order valence-electron chi connectivity index (χ4n) is 3.80. The van der Waals surface area contributed by atoms with Gasteiger partial charge in [0.25, 0.3) is 0 Å². The quantitative estimate of drug-likeness (QED) is 0.440. The summed E-state index contributed by atoms with van der Waals surface area (Å²) in [7, 11) is 0. The van der Waals surface area contributed by atoms with E-state index in [-0.39, 0.29) is 5.82 Å². The van der Waals surface area contributed by atoms with Crippen molar-refractivity contribution in [1.82, 2.24) is 19.3 Å². The largest absolute Gasteiger partial charge is 0.490 e. The predicted octanol–water partition coefficient (Wildman–Crippen LogP) is 4.33. The van der Waals surface area contributed by atoms with Gasteiger partial charge in [0.1, 0.15) is 5.82 Å². The van der Waals surface area contributed by atoms with Gasteiger partial charge in [-0.2, -0.15) is 26.3 Å². The van der Waals surface area contributed by atoms with Gasteiger partial charge in [0.05, 0.1) is 11.9 Å². The molecular weight excluding hydrogens is 555 g/mol. The number of halogens is 7. The highest BCUT2D eigenvalue weighted by Gasteiger charge is 2.39. The Morgan fingerprint density at radius 3 is 2.00 bits per heavy atom. The second-order valence-corrected chi connectivity index (χ2v) is 8.94. The van der Waals surface area contributed by atoms with Crippen molar-refractivity contribution in [2.24, 2.45) is 5.92 Å². The lowest BCUT2D eigenvalue weighted by Gasteiger charge is -2.35. The van der Waals surface area contributed by atoms with Crippen molar-refractivity contribution < 1.29 is 50.5 Å². The van der Waals surface area contributed by atoms with Crippen LogP contribution >= 0.6 is 0 Å². The Morgan fingerprint density at radius 1 is 0.925 bits per heavy atom. The normalized spacial score (nSPS) is 16.0. The fourth-order valence-corrected chi connectivity index (χ4v) is 3.80. The van der Waals surface area contributed by atoms with Crippen LogP contribution in [0.4, 0.5) is 36.6 Å². The molecule has 0 atom stereocenters. The molecule has 0 unspecified atom stereocenters. The monoisotopic (exact) mass is 579 g/mol. The zero-order chi connectivity index (χ0) is 29.7. The van der Waals surface area contributed by atoms with Gasteiger partial charge in [-0.05, 0) is 30.9 Å². The van der Waals surface area contributed by atoms with Crippen LogP contribution in [-0.2, 0) is 9.59 Å². The molecular formula is C24H24F7N5O4. The second-order valence-electron chi connectivity index (χ2n) is 8.94. The van der Waals surface area contributed by atoms with Gasteiger partial charge in [0.2, 0.25) is 0 Å². The molecule has 2 fully saturated rings. The molecule has 9 nitrogen and oxygen atoms in total. The number of aromatic nitrogens is 3. The molecule has 5 rings (SSSR count). The van der Waals surface area contributed by atoms with Crippen molar-refractivity contribution in [1.29, 1.82) is 0 Å². The van der Waals surface area contributed by atoms with Crippen LogP contribution in [0, 0.1) is 11.7 Å². The molecule has 1 aromatic carbocycles. The van der Waals surface area contributed by atoms with Crippen molar-refractivity contribution in [3.63, 3.8) is 0 Å². The van der Waals surface area contributed by atoms with Gasteiger partial charge < -0.3 is 15.1 Å². The number of nitrogens with zero attached hydrogens (tertiary/aromatic N) is 5. The molecule has 2 aromatic heterocycles. The molecule has 40 heavy (non-hydrogen) atoms. The van der Waals surface area contributed by atoms with E-state index >= 15 is 0 Å². The van der Waals surface area contributed by atoms with E-state index in [1.54, 1.807) is 18.3 Å². The van der Waals surface area contributed by atoms with Crippen LogP contribution in [0.15, 0.2) is 42.9 Å². The molecule has 0 bridgehead atoms. The summed E-state index contributed by atoms with van der Waals surface area (Å²) in [6, 6.07) is 6.63. The summed E-state index contributed by atoms with van der Waals surface area (Å²) in [5, 5.41) is 14.2. The number of piperazine rings is 1. The van der Waals surface area contributed by atoms with Gasteiger partial charge >= 0.3 is 24.3 Å². The molecule has 0 radical (unpaired) electrons. The van der Waals surface area contributed by atoms with E-state index in [9.17, 15) is 30.7 Å². The first-order valence-corrected chi connectivity index (χ1v) is 11.8. The first-order chi connectivity index (χ1) is 18.7. The molecule has 1 aliphatic carbocycles.